The number of aliphatic carboxylic acids is 3. The predicted octanol–water partition coefficient (Wildman–Crippen LogP) is -4.79. The van der Waals surface area contributed by atoms with E-state index in [2.05, 4.69) is 36.9 Å². The molecule has 0 bridgehead atoms. The number of aliphatic imine (C=N–C) groups is 1. The van der Waals surface area contributed by atoms with Gasteiger partial charge < -0.3 is 69.3 Å². The number of nitrogens with two attached hydrogens (primary N) is 3. The summed E-state index contributed by atoms with van der Waals surface area (Å²) in [6.45, 7) is 1.93. The van der Waals surface area contributed by atoms with Crippen LogP contribution in [0.1, 0.15) is 57.9 Å². The minimum atomic E-state index is -1.90. The molecule has 0 aromatic heterocycles. The van der Waals surface area contributed by atoms with Gasteiger partial charge in [-0.3, -0.25) is 48.1 Å². The zero-order chi connectivity index (χ0) is 45.1. The number of rotatable bonds is 24. The molecule has 0 unspecified atom stereocenters. The minimum Gasteiger partial charge on any atom is -0.481 e. The van der Waals surface area contributed by atoms with Crippen LogP contribution in [0, 0.1) is 0 Å². The summed E-state index contributed by atoms with van der Waals surface area (Å²) in [5, 5.41) is 41.9. The van der Waals surface area contributed by atoms with Crippen LogP contribution < -0.4 is 49.1 Å². The second-order valence-electron chi connectivity index (χ2n) is 13.9. The van der Waals surface area contributed by atoms with Crippen LogP contribution >= 0.6 is 0 Å². The summed E-state index contributed by atoms with van der Waals surface area (Å²) >= 11 is 0. The number of carbonyl (C=O) groups excluding carboxylic acids is 7. The maximum Gasteiger partial charge on any atom is 0.326 e. The highest BCUT2D eigenvalue weighted by molar-refractivity contribution is 5.98. The first-order valence-electron chi connectivity index (χ1n) is 18.8. The fourth-order valence-electron chi connectivity index (χ4n) is 5.91. The smallest absolute Gasteiger partial charge is 0.326 e. The third-order valence-corrected chi connectivity index (χ3v) is 8.98. The van der Waals surface area contributed by atoms with E-state index in [1.807, 2.05) is 0 Å². The normalized spacial score (nSPS) is 16.2. The third kappa shape index (κ3) is 16.9. The molecule has 60 heavy (non-hydrogen) atoms. The highest BCUT2D eigenvalue weighted by Gasteiger charge is 2.39. The number of carbonyl (C=O) groups is 10. The lowest BCUT2D eigenvalue weighted by molar-refractivity contribution is -0.145. The summed E-state index contributed by atoms with van der Waals surface area (Å²) in [4.78, 5) is 131. The molecular weight excluding hydrogens is 794 g/mol. The van der Waals surface area contributed by atoms with E-state index in [1.54, 1.807) is 30.3 Å². The number of amides is 7. The van der Waals surface area contributed by atoms with E-state index in [1.165, 1.54) is 13.8 Å². The van der Waals surface area contributed by atoms with E-state index in [0.717, 1.165) is 10.5 Å². The highest BCUT2D eigenvalue weighted by atomic mass is 16.4. The van der Waals surface area contributed by atoms with E-state index in [0.29, 0.717) is 6.42 Å². The molecule has 1 aromatic carbocycles. The molecular formula is C36H53N11O13. The van der Waals surface area contributed by atoms with Crippen LogP contribution in [-0.2, 0) is 54.4 Å². The lowest BCUT2D eigenvalue weighted by atomic mass is 10.1. The molecule has 0 saturated carbocycles. The number of carboxylic acid groups (broad SMARTS) is 3. The van der Waals surface area contributed by atoms with Crippen molar-refractivity contribution in [2.75, 3.05) is 19.6 Å². The zero-order valence-electron chi connectivity index (χ0n) is 33.0. The van der Waals surface area contributed by atoms with E-state index >= 15 is 0 Å². The average Bonchev–Trinajstić information content (AvgIpc) is 3.67. The van der Waals surface area contributed by atoms with Crippen LogP contribution in [0.2, 0.25) is 0 Å². The first kappa shape index (κ1) is 49.3. The topological polar surface area (TPSA) is 397 Å². The molecule has 1 aromatic rings. The predicted molar refractivity (Wildman–Crippen MR) is 209 cm³/mol. The molecule has 1 fully saturated rings. The summed E-state index contributed by atoms with van der Waals surface area (Å²) in [5.74, 6) is -11.3. The molecule has 1 heterocycles. The van der Waals surface area contributed by atoms with Gasteiger partial charge in [0, 0.05) is 13.1 Å². The van der Waals surface area contributed by atoms with E-state index in [-0.39, 0.29) is 44.7 Å². The van der Waals surface area contributed by atoms with Gasteiger partial charge in [-0.2, -0.15) is 0 Å². The van der Waals surface area contributed by atoms with Crippen molar-refractivity contribution in [2.24, 2.45) is 22.2 Å². The van der Waals surface area contributed by atoms with Crippen molar-refractivity contribution in [3.8, 4) is 0 Å². The molecule has 1 saturated heterocycles. The molecule has 24 nitrogen and oxygen atoms in total. The number of benzene rings is 1. The van der Waals surface area contributed by atoms with Crippen molar-refractivity contribution < 1.29 is 63.3 Å². The Morgan fingerprint density at radius 2 is 1.35 bits per heavy atom. The maximum absolute atomic E-state index is 13.4. The number of nitrogens with zero attached hydrogens (tertiary/aromatic N) is 2. The van der Waals surface area contributed by atoms with Crippen molar-refractivity contribution >= 4 is 65.2 Å². The van der Waals surface area contributed by atoms with Crippen LogP contribution in [0.15, 0.2) is 35.3 Å². The molecule has 1 aliphatic heterocycles. The Hall–Kier alpha value is -6.85. The van der Waals surface area contributed by atoms with Crippen molar-refractivity contribution in [1.29, 1.82) is 0 Å². The summed E-state index contributed by atoms with van der Waals surface area (Å²) in [5.41, 5.74) is 17.2. The van der Waals surface area contributed by atoms with E-state index in [9.17, 15) is 63.3 Å². The Morgan fingerprint density at radius 3 is 1.93 bits per heavy atom. The van der Waals surface area contributed by atoms with Gasteiger partial charge in [0.25, 0.3) is 0 Å². The first-order valence-corrected chi connectivity index (χ1v) is 18.8. The number of nitrogens with one attached hydrogen (secondary N) is 6. The fraction of sp³-hybridized carbons (Fsp3) is 0.528. The van der Waals surface area contributed by atoms with Crippen LogP contribution in [0.5, 0.6) is 0 Å². The summed E-state index contributed by atoms with van der Waals surface area (Å²) in [7, 11) is 0. The van der Waals surface area contributed by atoms with Crippen LogP contribution in [0.3, 0.4) is 0 Å². The van der Waals surface area contributed by atoms with Gasteiger partial charge in [-0.05, 0) is 51.5 Å². The van der Waals surface area contributed by atoms with Gasteiger partial charge in [-0.25, -0.2) is 4.79 Å². The highest BCUT2D eigenvalue weighted by Crippen LogP contribution is 2.19. The molecule has 7 atom stereocenters. The van der Waals surface area contributed by atoms with Gasteiger partial charge in [-0.15, -0.1) is 0 Å². The zero-order valence-corrected chi connectivity index (χ0v) is 33.0. The van der Waals surface area contributed by atoms with Gasteiger partial charge in [0.15, 0.2) is 5.96 Å². The Kier molecular flexibility index (Phi) is 19.8. The number of carboxylic acids is 3. The Labute approximate surface area is 343 Å². The standard InChI is InChI=1S/C36H53N11O13/c1-18(42-30(54)21(37)14-20-8-4-3-5-9-20)29(53)41-17-26(48)44-23(15-27(49)50)32(56)46-24(16-28(51)52)31(55)43-19(2)34(58)47-13-7-11-25(47)33(57)45-22(35(59)60)10-6-12-40-36(38)39/h3-5,8-9,18-19,21-25H,6-7,10-17,37H2,1-2H3,(H,41,53)(H,42,54)(H,43,55)(H,44,48)(H,45,57)(H,46,56)(H,49,50)(H,51,52)(H,59,60)(H4,38,39,40)/t18-,19-,21-,22-,23-,24-,25-/m0/s1. The van der Waals surface area contributed by atoms with Gasteiger partial charge in [0.2, 0.25) is 41.4 Å². The average molecular weight is 848 g/mol. The van der Waals surface area contributed by atoms with Crippen molar-refractivity contribution in [3.05, 3.63) is 35.9 Å². The number of guanidine groups is 1. The second-order valence-corrected chi connectivity index (χ2v) is 13.9. The molecule has 0 aliphatic carbocycles. The van der Waals surface area contributed by atoms with Gasteiger partial charge in [0.05, 0.1) is 25.4 Å². The van der Waals surface area contributed by atoms with Gasteiger partial charge >= 0.3 is 17.9 Å². The quantitative estimate of drug-likeness (QED) is 0.0264. The molecule has 24 heteroatoms. The lowest BCUT2D eigenvalue weighted by Crippen LogP contribution is -2.59. The molecule has 0 radical (unpaired) electrons. The van der Waals surface area contributed by atoms with Gasteiger partial charge in [-0.1, -0.05) is 30.3 Å². The summed E-state index contributed by atoms with van der Waals surface area (Å²) in [6, 6.07) is -0.905. The SMILES string of the molecule is C[C@H](NC(=O)[C@@H](N)Cc1ccccc1)C(=O)NCC(=O)N[C@@H](CC(=O)O)C(=O)N[C@@H](CC(=O)O)C(=O)N[C@@H](C)C(=O)N1CCC[C@H]1C(=O)N[C@@H](CCCN=C(N)N)C(=O)O. The molecule has 15 N–H and O–H groups in total. The first-order chi connectivity index (χ1) is 28.2. The lowest BCUT2D eigenvalue weighted by Gasteiger charge is -2.29. The van der Waals surface area contributed by atoms with E-state index in [4.69, 9.17) is 17.2 Å². The monoisotopic (exact) mass is 847 g/mol. The Balaban J connectivity index is 2.02. The van der Waals surface area contributed by atoms with Crippen LogP contribution in [0.4, 0.5) is 0 Å². The van der Waals surface area contributed by atoms with Crippen molar-refractivity contribution in [1.82, 2.24) is 36.8 Å². The largest absolute Gasteiger partial charge is 0.481 e. The number of hydrogen-bond acceptors (Lipinski definition) is 12. The third-order valence-electron chi connectivity index (χ3n) is 8.98. The van der Waals surface area contributed by atoms with Crippen LogP contribution in [0.25, 0.3) is 0 Å². The number of hydrogen-bond donors (Lipinski definition) is 12. The van der Waals surface area contributed by atoms with Crippen molar-refractivity contribution in [3.63, 3.8) is 0 Å². The maximum atomic E-state index is 13.4. The summed E-state index contributed by atoms with van der Waals surface area (Å²) < 4.78 is 0. The Morgan fingerprint density at radius 1 is 0.767 bits per heavy atom. The van der Waals surface area contributed by atoms with Crippen LogP contribution in [-0.4, -0.2) is 147 Å². The van der Waals surface area contributed by atoms with E-state index < -0.39 is 121 Å². The van der Waals surface area contributed by atoms with Gasteiger partial charge in [0.1, 0.15) is 36.3 Å². The molecule has 0 spiro atoms. The summed E-state index contributed by atoms with van der Waals surface area (Å²) in [6.07, 6.45) is -1.19. The second kappa shape index (κ2) is 24.2. The Bertz CT molecular complexity index is 1770. The fourth-order valence-corrected chi connectivity index (χ4v) is 5.91. The molecule has 7 amide bonds. The minimum absolute atomic E-state index is 0.0262. The molecule has 1 aliphatic rings. The number of likely N-dealkylation sites (tertiary alicyclic amines) is 1. The molecule has 2 rings (SSSR count). The molecule has 330 valence electrons. The van der Waals surface area contributed by atoms with Crippen molar-refractivity contribution in [2.45, 2.75) is 101 Å².